The van der Waals surface area contributed by atoms with E-state index in [4.69, 9.17) is 8.39 Å². The summed E-state index contributed by atoms with van der Waals surface area (Å²) in [5.74, 6) is 0. The van der Waals surface area contributed by atoms with Crippen LogP contribution in [0.5, 0.6) is 0 Å². The molecule has 0 radical (unpaired) electrons. The van der Waals surface area contributed by atoms with E-state index in [1.807, 2.05) is 0 Å². The van der Waals surface area contributed by atoms with E-state index >= 15 is 0 Å². The van der Waals surface area contributed by atoms with Gasteiger partial charge in [0.1, 0.15) is 0 Å². The molecule has 14 heavy (non-hydrogen) atoms. The zero-order chi connectivity index (χ0) is 9.90. The van der Waals surface area contributed by atoms with Gasteiger partial charge in [-0.3, -0.25) is 0 Å². The molecule has 0 aliphatic heterocycles. The Labute approximate surface area is 85.9 Å². The molecule has 0 saturated carbocycles. The summed E-state index contributed by atoms with van der Waals surface area (Å²) in [6, 6.07) is 3.56. The Bertz CT molecular complexity index is 239. The zero-order valence-electron chi connectivity index (χ0n) is 8.06. The van der Waals surface area contributed by atoms with Gasteiger partial charge >= 0.3 is 0 Å². The third-order valence-electron chi connectivity index (χ3n) is 1.63. The Hall–Kier alpha value is -1.14. The van der Waals surface area contributed by atoms with Gasteiger partial charge in [0, 0.05) is 0 Å². The maximum absolute atomic E-state index is 4.76. The fraction of sp³-hybridized carbons (Fsp3) is 0.273. The molecule has 1 aliphatic carbocycles. The topological polar surface area (TPSA) is 26.3 Å². The summed E-state index contributed by atoms with van der Waals surface area (Å²) in [5, 5.41) is 0. The van der Waals surface area contributed by atoms with Gasteiger partial charge in [-0.05, 0) is 31.4 Å². The van der Waals surface area contributed by atoms with Crippen molar-refractivity contribution in [2.45, 2.75) is 19.3 Å². The highest BCUT2D eigenvalue weighted by molar-refractivity contribution is 7.15. The van der Waals surface area contributed by atoms with Crippen molar-refractivity contribution in [3.63, 3.8) is 0 Å². The van der Waals surface area contributed by atoms with Crippen molar-refractivity contribution in [3.05, 3.63) is 49.0 Å². The summed E-state index contributed by atoms with van der Waals surface area (Å²) in [5.41, 5.74) is 0. The van der Waals surface area contributed by atoms with Gasteiger partial charge < -0.3 is 8.39 Å². The largest absolute Gasteiger partial charge is 0.430 e. The van der Waals surface area contributed by atoms with Crippen molar-refractivity contribution >= 4 is 8.67 Å². The Morgan fingerprint density at radius 1 is 0.857 bits per heavy atom. The van der Waals surface area contributed by atoms with Gasteiger partial charge in [0.25, 0.3) is 0 Å². The highest BCUT2D eigenvalue weighted by Gasteiger charge is 1.81. The lowest BCUT2D eigenvalue weighted by molar-refractivity contribution is 0.609. The van der Waals surface area contributed by atoms with E-state index < -0.39 is 0 Å². The van der Waals surface area contributed by atoms with E-state index in [0.29, 0.717) is 0 Å². The monoisotopic (exact) mass is 210 g/mol. The quantitative estimate of drug-likeness (QED) is 0.637. The van der Waals surface area contributed by atoms with E-state index in [1.165, 1.54) is 19.3 Å². The van der Waals surface area contributed by atoms with Gasteiger partial charge in [-0.1, -0.05) is 24.3 Å². The molecule has 0 aromatic carbocycles. The summed E-state index contributed by atoms with van der Waals surface area (Å²) in [6.45, 7) is 0. The standard InChI is InChI=1S/C7H10.C4H5O2P/c2*1-2-4-6-7-5-3-1/h1-4H,5-7H2;1-4,7H. The van der Waals surface area contributed by atoms with Crippen LogP contribution < -0.4 is 0 Å². The van der Waals surface area contributed by atoms with Crippen LogP contribution in [-0.2, 0) is 0 Å². The molecule has 1 aromatic rings. The van der Waals surface area contributed by atoms with Crippen LogP contribution in [0.4, 0.5) is 0 Å². The van der Waals surface area contributed by atoms with Gasteiger partial charge in [-0.2, -0.15) is 0 Å². The minimum absolute atomic E-state index is 0.121. The fourth-order valence-electron chi connectivity index (χ4n) is 0.956. The molecule has 2 rings (SSSR count). The Balaban J connectivity index is 0.000000140. The van der Waals surface area contributed by atoms with Crippen molar-refractivity contribution in [1.82, 2.24) is 0 Å². The highest BCUT2D eigenvalue weighted by atomic mass is 31.1. The number of allylic oxidation sites excluding steroid dienone is 4. The van der Waals surface area contributed by atoms with Crippen molar-refractivity contribution in [2.75, 3.05) is 0 Å². The van der Waals surface area contributed by atoms with Crippen molar-refractivity contribution in [2.24, 2.45) is 0 Å². The fourth-order valence-corrected chi connectivity index (χ4v) is 1.28. The lowest BCUT2D eigenvalue weighted by Crippen LogP contribution is -1.62. The maximum Gasteiger partial charge on any atom is 0.200 e. The van der Waals surface area contributed by atoms with Crippen LogP contribution in [0.15, 0.2) is 57.4 Å². The molecule has 76 valence electrons. The van der Waals surface area contributed by atoms with Crippen LogP contribution in [0.3, 0.4) is 0 Å². The second kappa shape index (κ2) is 8.46. The molecule has 1 heterocycles. The molecule has 1 aromatic heterocycles. The van der Waals surface area contributed by atoms with E-state index in [1.54, 1.807) is 24.7 Å². The average molecular weight is 210 g/mol. The smallest absolute Gasteiger partial charge is 0.200 e. The van der Waals surface area contributed by atoms with Crippen molar-refractivity contribution in [3.8, 4) is 0 Å². The molecule has 0 fully saturated rings. The van der Waals surface area contributed by atoms with E-state index in [0.717, 1.165) is 0 Å². The zero-order valence-corrected chi connectivity index (χ0v) is 9.06. The second-order valence-electron chi connectivity index (χ2n) is 2.76. The molecule has 0 amide bonds. The van der Waals surface area contributed by atoms with Crippen LogP contribution in [0, 0.1) is 0 Å². The molecular formula is C11H15O2P. The normalized spacial score (nSPS) is 13.7. The molecule has 3 heteroatoms. The predicted molar refractivity (Wildman–Crippen MR) is 60.2 cm³/mol. The predicted octanol–water partition coefficient (Wildman–Crippen LogP) is 4.31. The highest BCUT2D eigenvalue weighted by Crippen LogP contribution is 2.01. The first-order valence-corrected chi connectivity index (χ1v) is 5.51. The summed E-state index contributed by atoms with van der Waals surface area (Å²) in [6.07, 6.45) is 15.7. The molecule has 2 nitrogen and oxygen atoms in total. The first-order valence-electron chi connectivity index (χ1n) is 4.70. The summed E-state index contributed by atoms with van der Waals surface area (Å²) < 4.78 is 9.51. The van der Waals surface area contributed by atoms with Crippen LogP contribution in [-0.4, -0.2) is 0 Å². The molecule has 0 unspecified atom stereocenters. The van der Waals surface area contributed by atoms with Crippen molar-refractivity contribution < 1.29 is 8.39 Å². The Morgan fingerprint density at radius 3 is 2.00 bits per heavy atom. The first kappa shape index (κ1) is 10.9. The third kappa shape index (κ3) is 6.38. The van der Waals surface area contributed by atoms with E-state index in [-0.39, 0.29) is 8.67 Å². The second-order valence-corrected chi connectivity index (χ2v) is 3.40. The molecule has 0 bridgehead atoms. The number of hydrogen-bond acceptors (Lipinski definition) is 2. The molecular weight excluding hydrogens is 195 g/mol. The lowest BCUT2D eigenvalue weighted by Gasteiger charge is -1.81. The third-order valence-corrected chi connectivity index (χ3v) is 2.09. The Kier molecular flexibility index (Phi) is 6.61. The van der Waals surface area contributed by atoms with Crippen LogP contribution in [0.25, 0.3) is 0 Å². The Morgan fingerprint density at radius 2 is 1.43 bits per heavy atom. The summed E-state index contributed by atoms with van der Waals surface area (Å²) in [4.78, 5) is 0. The molecule has 0 N–H and O–H groups in total. The van der Waals surface area contributed by atoms with Crippen molar-refractivity contribution in [1.29, 1.82) is 0 Å². The van der Waals surface area contributed by atoms with Gasteiger partial charge in [-0.15, -0.1) is 0 Å². The lowest BCUT2D eigenvalue weighted by atomic mass is 10.2. The number of rotatable bonds is 0. The average Bonchev–Trinajstić information content (AvgIpc) is 2.68. The summed E-state index contributed by atoms with van der Waals surface area (Å²) in [7, 11) is 0.121. The maximum atomic E-state index is 4.76. The number of hydrogen-bond donors (Lipinski definition) is 0. The van der Waals surface area contributed by atoms with Gasteiger partial charge in [0.05, 0.1) is 12.5 Å². The van der Waals surface area contributed by atoms with Crippen LogP contribution in [0.2, 0.25) is 0 Å². The van der Waals surface area contributed by atoms with Gasteiger partial charge in [0.2, 0.25) is 0 Å². The minimum atomic E-state index is 0.121. The molecule has 1 aliphatic rings. The SMILES string of the molecule is C1=CCCCC=C1.c1cco[pH]oc1. The van der Waals surface area contributed by atoms with E-state index in [2.05, 4.69) is 24.3 Å². The molecule has 0 atom stereocenters. The minimum Gasteiger partial charge on any atom is -0.430 e. The molecule has 0 saturated heterocycles. The van der Waals surface area contributed by atoms with Crippen LogP contribution >= 0.6 is 8.67 Å². The van der Waals surface area contributed by atoms with Crippen LogP contribution in [0.1, 0.15) is 19.3 Å². The van der Waals surface area contributed by atoms with Gasteiger partial charge in [-0.25, -0.2) is 0 Å². The van der Waals surface area contributed by atoms with Gasteiger partial charge in [0.15, 0.2) is 8.67 Å². The molecule has 0 spiro atoms. The first-order chi connectivity index (χ1) is 7.00. The summed E-state index contributed by atoms with van der Waals surface area (Å²) >= 11 is 0. The van der Waals surface area contributed by atoms with E-state index in [9.17, 15) is 0 Å².